The van der Waals surface area contributed by atoms with Crippen molar-refractivity contribution >= 4 is 28.3 Å². The summed E-state index contributed by atoms with van der Waals surface area (Å²) >= 11 is 1.35. The van der Waals surface area contributed by atoms with Gasteiger partial charge in [-0.1, -0.05) is 0 Å². The molecule has 2 aromatic heterocycles. The molecule has 0 unspecified atom stereocenters. The van der Waals surface area contributed by atoms with E-state index in [1.165, 1.54) is 23.6 Å². The fraction of sp³-hybridized carbons (Fsp3) is 0.231. The largest absolute Gasteiger partial charge is 0.480 e. The van der Waals surface area contributed by atoms with Crippen LogP contribution < -0.4 is 10.9 Å². The van der Waals surface area contributed by atoms with Crippen molar-refractivity contribution in [2.75, 3.05) is 5.32 Å². The summed E-state index contributed by atoms with van der Waals surface area (Å²) in [6.45, 7) is 3.25. The van der Waals surface area contributed by atoms with Crippen LogP contribution >= 0.6 is 11.3 Å². The number of rotatable bonds is 4. The van der Waals surface area contributed by atoms with Crippen LogP contribution in [0.25, 0.3) is 0 Å². The van der Waals surface area contributed by atoms with Gasteiger partial charge in [0.2, 0.25) is 0 Å². The van der Waals surface area contributed by atoms with Crippen molar-refractivity contribution in [3.63, 3.8) is 0 Å². The van der Waals surface area contributed by atoms with E-state index in [4.69, 9.17) is 5.11 Å². The molecule has 2 aromatic rings. The molecule has 21 heavy (non-hydrogen) atoms. The third-order valence-electron chi connectivity index (χ3n) is 2.80. The highest BCUT2D eigenvalue weighted by atomic mass is 32.1. The summed E-state index contributed by atoms with van der Waals surface area (Å²) in [5, 5.41) is 11.8. The fourth-order valence-electron chi connectivity index (χ4n) is 1.63. The van der Waals surface area contributed by atoms with Crippen LogP contribution in [-0.2, 0) is 11.3 Å². The summed E-state index contributed by atoms with van der Waals surface area (Å²) < 4.78 is 0.968. The highest BCUT2D eigenvalue weighted by Crippen LogP contribution is 2.21. The molecule has 0 spiro atoms. The van der Waals surface area contributed by atoms with E-state index >= 15 is 0 Å². The van der Waals surface area contributed by atoms with E-state index in [0.29, 0.717) is 5.13 Å². The van der Waals surface area contributed by atoms with Crippen molar-refractivity contribution in [1.82, 2.24) is 9.55 Å². The van der Waals surface area contributed by atoms with Crippen molar-refractivity contribution in [3.05, 3.63) is 44.8 Å². The van der Waals surface area contributed by atoms with E-state index in [0.717, 1.165) is 21.2 Å². The average molecular weight is 307 g/mol. The number of anilines is 1. The number of carboxylic acids is 1. The van der Waals surface area contributed by atoms with Crippen molar-refractivity contribution in [3.8, 4) is 0 Å². The molecule has 2 N–H and O–H groups in total. The van der Waals surface area contributed by atoms with Crippen LogP contribution in [0.5, 0.6) is 0 Å². The number of nitrogens with one attached hydrogen (secondary N) is 1. The minimum absolute atomic E-state index is 0.196. The molecule has 0 radical (unpaired) electrons. The van der Waals surface area contributed by atoms with Gasteiger partial charge in [-0.25, -0.2) is 4.98 Å². The first-order chi connectivity index (χ1) is 9.86. The Bertz CT molecular complexity index is 744. The van der Waals surface area contributed by atoms with Crippen LogP contribution in [0.3, 0.4) is 0 Å². The number of hydrogen-bond acceptors (Lipinski definition) is 5. The van der Waals surface area contributed by atoms with Gasteiger partial charge < -0.3 is 9.67 Å². The lowest BCUT2D eigenvalue weighted by Gasteiger charge is -2.05. The maximum Gasteiger partial charge on any atom is 0.323 e. The number of carbonyl (C=O) groups excluding carboxylic acids is 1. The molecule has 110 valence electrons. The number of nitrogens with zero attached hydrogens (tertiary/aromatic N) is 2. The molecule has 7 nitrogen and oxygen atoms in total. The molecule has 0 aliphatic heterocycles. The molecule has 0 bridgehead atoms. The second-order valence-electron chi connectivity index (χ2n) is 4.39. The van der Waals surface area contributed by atoms with E-state index < -0.39 is 24.0 Å². The number of aliphatic carboxylic acids is 1. The Hall–Kier alpha value is -2.48. The molecule has 0 saturated heterocycles. The number of aryl methyl sites for hydroxylation is 2. The molecule has 1 amide bonds. The third-order valence-corrected chi connectivity index (χ3v) is 3.79. The van der Waals surface area contributed by atoms with E-state index in [2.05, 4.69) is 10.3 Å². The van der Waals surface area contributed by atoms with Crippen molar-refractivity contribution in [2.45, 2.75) is 20.4 Å². The van der Waals surface area contributed by atoms with Gasteiger partial charge in [-0.2, -0.15) is 0 Å². The Morgan fingerprint density at radius 1 is 1.38 bits per heavy atom. The molecule has 0 aliphatic rings. The molecular formula is C13H13N3O4S. The monoisotopic (exact) mass is 307 g/mol. The second-order valence-corrected chi connectivity index (χ2v) is 5.60. The Balaban J connectivity index is 2.23. The number of thiazole rings is 1. The molecule has 2 rings (SSSR count). The number of pyridine rings is 1. The molecule has 0 aromatic carbocycles. The molecule has 0 aliphatic carbocycles. The van der Waals surface area contributed by atoms with E-state index in [-0.39, 0.29) is 5.56 Å². The number of aromatic nitrogens is 2. The maximum absolute atomic E-state index is 12.1. The molecular weight excluding hydrogens is 294 g/mol. The summed E-state index contributed by atoms with van der Waals surface area (Å²) in [4.78, 5) is 39.4. The Morgan fingerprint density at radius 3 is 2.67 bits per heavy atom. The summed E-state index contributed by atoms with van der Waals surface area (Å²) in [5.74, 6) is -1.59. The van der Waals surface area contributed by atoms with Crippen LogP contribution in [0, 0.1) is 13.8 Å². The summed E-state index contributed by atoms with van der Waals surface area (Å²) in [6.07, 6.45) is 1.22. The van der Waals surface area contributed by atoms with E-state index in [1.807, 2.05) is 13.8 Å². The van der Waals surface area contributed by atoms with Gasteiger partial charge in [0, 0.05) is 17.1 Å². The van der Waals surface area contributed by atoms with Gasteiger partial charge in [-0.3, -0.25) is 19.7 Å². The first-order valence-corrected chi connectivity index (χ1v) is 6.86. The highest BCUT2D eigenvalue weighted by molar-refractivity contribution is 7.15. The molecule has 0 fully saturated rings. The lowest BCUT2D eigenvalue weighted by molar-refractivity contribution is -0.137. The molecule has 0 saturated carbocycles. The van der Waals surface area contributed by atoms with Gasteiger partial charge >= 0.3 is 5.97 Å². The topological polar surface area (TPSA) is 101 Å². The SMILES string of the molecule is Cc1nc(NC(=O)c2ccc(=O)n(CC(=O)O)c2)sc1C. The molecule has 0 atom stereocenters. The zero-order valence-electron chi connectivity index (χ0n) is 11.4. The quantitative estimate of drug-likeness (QED) is 0.885. The average Bonchev–Trinajstić information content (AvgIpc) is 2.70. The Morgan fingerprint density at radius 2 is 2.10 bits per heavy atom. The van der Waals surface area contributed by atoms with Crippen LogP contribution in [0.4, 0.5) is 5.13 Å². The minimum Gasteiger partial charge on any atom is -0.480 e. The Kier molecular flexibility index (Phi) is 4.18. The van der Waals surface area contributed by atoms with Crippen LogP contribution in [0.2, 0.25) is 0 Å². The first kappa shape index (κ1) is 14.9. The molecule has 8 heteroatoms. The summed E-state index contributed by atoms with van der Waals surface area (Å²) in [5.41, 5.74) is 0.558. The predicted octanol–water partition coefficient (Wildman–Crippen LogP) is 1.26. The number of carbonyl (C=O) groups is 2. The lowest BCUT2D eigenvalue weighted by Crippen LogP contribution is -2.25. The predicted molar refractivity (Wildman–Crippen MR) is 77.9 cm³/mol. The number of carboxylic acid groups (broad SMARTS) is 1. The van der Waals surface area contributed by atoms with E-state index in [9.17, 15) is 14.4 Å². The Labute approximate surface area is 123 Å². The standard InChI is InChI=1S/C13H13N3O4S/c1-7-8(2)21-13(14-7)15-12(20)9-3-4-10(17)16(5-9)6-11(18)19/h3-5H,6H2,1-2H3,(H,18,19)(H,14,15,20). The zero-order chi connectivity index (χ0) is 15.6. The highest BCUT2D eigenvalue weighted by Gasteiger charge is 2.12. The zero-order valence-corrected chi connectivity index (χ0v) is 12.2. The van der Waals surface area contributed by atoms with Gasteiger partial charge in [0.1, 0.15) is 6.54 Å². The second kappa shape index (κ2) is 5.88. The van der Waals surface area contributed by atoms with Crippen LogP contribution in [-0.4, -0.2) is 26.5 Å². The maximum atomic E-state index is 12.1. The van der Waals surface area contributed by atoms with Crippen molar-refractivity contribution < 1.29 is 14.7 Å². The summed E-state index contributed by atoms with van der Waals surface area (Å²) in [6, 6.07) is 2.51. The number of hydrogen-bond donors (Lipinski definition) is 2. The van der Waals surface area contributed by atoms with Gasteiger partial charge in [0.15, 0.2) is 5.13 Å². The molecule has 2 heterocycles. The van der Waals surface area contributed by atoms with Gasteiger partial charge in [-0.15, -0.1) is 11.3 Å². The fourth-order valence-corrected chi connectivity index (χ4v) is 2.44. The summed E-state index contributed by atoms with van der Waals surface area (Å²) in [7, 11) is 0. The van der Waals surface area contributed by atoms with Crippen molar-refractivity contribution in [1.29, 1.82) is 0 Å². The lowest BCUT2D eigenvalue weighted by atomic mass is 10.2. The van der Waals surface area contributed by atoms with Gasteiger partial charge in [0.25, 0.3) is 11.5 Å². The minimum atomic E-state index is -1.15. The van der Waals surface area contributed by atoms with Crippen molar-refractivity contribution in [2.24, 2.45) is 0 Å². The van der Waals surface area contributed by atoms with Gasteiger partial charge in [-0.05, 0) is 19.9 Å². The van der Waals surface area contributed by atoms with Gasteiger partial charge in [0.05, 0.1) is 11.3 Å². The van der Waals surface area contributed by atoms with Crippen LogP contribution in [0.1, 0.15) is 20.9 Å². The smallest absolute Gasteiger partial charge is 0.323 e. The normalized spacial score (nSPS) is 10.4. The first-order valence-electron chi connectivity index (χ1n) is 6.04. The van der Waals surface area contributed by atoms with E-state index in [1.54, 1.807) is 0 Å². The van der Waals surface area contributed by atoms with Crippen LogP contribution in [0.15, 0.2) is 23.1 Å². The number of amides is 1. The third kappa shape index (κ3) is 3.54.